The van der Waals surface area contributed by atoms with Crippen LogP contribution in [0.2, 0.25) is 5.02 Å². The molecule has 1 aromatic carbocycles. The van der Waals surface area contributed by atoms with Crippen LogP contribution in [0.5, 0.6) is 0 Å². The molecular formula is C24H27ClN8O. The molecule has 0 bridgehead atoms. The van der Waals surface area contributed by atoms with Crippen molar-refractivity contribution in [1.82, 2.24) is 34.7 Å². The Balaban J connectivity index is 1.39. The van der Waals surface area contributed by atoms with E-state index in [1.54, 1.807) is 13.3 Å². The number of piperazine rings is 1. The number of H-pyrrole nitrogens is 1. The quantitative estimate of drug-likeness (QED) is 0.437. The largest absolute Gasteiger partial charge is 0.360 e. The fraction of sp³-hybridized carbons (Fsp3) is 0.375. The second kappa shape index (κ2) is 9.52. The average Bonchev–Trinajstić information content (AvgIpc) is 3.33. The minimum atomic E-state index is -0.101. The zero-order valence-corrected chi connectivity index (χ0v) is 20.0. The molecule has 0 spiro atoms. The number of nitrogens with one attached hydrogen (secondary N) is 2. The van der Waals surface area contributed by atoms with Crippen LogP contribution in [-0.2, 0) is 11.2 Å². The van der Waals surface area contributed by atoms with Crippen LogP contribution < -0.4 is 5.32 Å². The summed E-state index contributed by atoms with van der Waals surface area (Å²) >= 11 is 6.61. The van der Waals surface area contributed by atoms with Gasteiger partial charge in [-0.3, -0.25) is 14.7 Å². The fourth-order valence-electron chi connectivity index (χ4n) is 4.47. The van der Waals surface area contributed by atoms with Gasteiger partial charge in [-0.2, -0.15) is 0 Å². The molecule has 1 aliphatic heterocycles. The van der Waals surface area contributed by atoms with Crippen molar-refractivity contribution in [3.63, 3.8) is 0 Å². The first-order valence-corrected chi connectivity index (χ1v) is 11.8. The number of aromatic nitrogens is 5. The summed E-state index contributed by atoms with van der Waals surface area (Å²) in [5, 5.41) is 6.21. The zero-order chi connectivity index (χ0) is 23.7. The van der Waals surface area contributed by atoms with E-state index in [9.17, 15) is 4.79 Å². The standard InChI is InChI=1S/C24H27ClN8O/c1-15(30-24-22-23(27-13-26-22)28-14-29-24)20-12-17-4-3-5-18(25)21(17)19(31-20)6-7-32-8-10-33(11-9-32)16(2)34/h3-5,12-15H,6-11H2,1-2H3,(H2,26,27,28,29,30). The number of hydrogen-bond donors (Lipinski definition) is 2. The number of carbonyl (C=O) groups excluding carboxylic acids is 1. The van der Waals surface area contributed by atoms with Crippen LogP contribution >= 0.6 is 11.6 Å². The molecule has 0 aliphatic carbocycles. The minimum absolute atomic E-state index is 0.101. The van der Waals surface area contributed by atoms with Gasteiger partial charge in [-0.1, -0.05) is 23.7 Å². The Kier molecular flexibility index (Phi) is 6.30. The van der Waals surface area contributed by atoms with Gasteiger partial charge in [0.1, 0.15) is 11.8 Å². The lowest BCUT2D eigenvalue weighted by molar-refractivity contribution is -0.130. The molecule has 4 aromatic rings. The van der Waals surface area contributed by atoms with Gasteiger partial charge in [0.05, 0.1) is 28.8 Å². The number of imidazole rings is 1. The monoisotopic (exact) mass is 478 g/mol. The van der Waals surface area contributed by atoms with Crippen LogP contribution in [-0.4, -0.2) is 73.4 Å². The van der Waals surface area contributed by atoms with Crippen molar-refractivity contribution in [3.8, 4) is 0 Å². The maximum absolute atomic E-state index is 11.6. The summed E-state index contributed by atoms with van der Waals surface area (Å²) < 4.78 is 0. The number of fused-ring (bicyclic) bond motifs is 2. The van der Waals surface area contributed by atoms with Gasteiger partial charge in [0.2, 0.25) is 5.91 Å². The first kappa shape index (κ1) is 22.5. The molecule has 1 aliphatic rings. The van der Waals surface area contributed by atoms with Crippen LogP contribution in [0.1, 0.15) is 31.3 Å². The molecule has 5 rings (SSSR count). The lowest BCUT2D eigenvalue weighted by atomic mass is 10.0. The molecule has 2 N–H and O–H groups in total. The van der Waals surface area contributed by atoms with E-state index in [1.165, 1.54) is 6.33 Å². The number of hydrogen-bond acceptors (Lipinski definition) is 7. The third kappa shape index (κ3) is 4.53. The summed E-state index contributed by atoms with van der Waals surface area (Å²) in [6.07, 6.45) is 3.90. The fourth-order valence-corrected chi connectivity index (χ4v) is 4.76. The summed E-state index contributed by atoms with van der Waals surface area (Å²) in [5.74, 6) is 0.806. The number of carbonyl (C=O) groups is 1. The number of benzene rings is 1. The highest BCUT2D eigenvalue weighted by Gasteiger charge is 2.20. The van der Waals surface area contributed by atoms with E-state index in [0.29, 0.717) is 22.0 Å². The van der Waals surface area contributed by atoms with Crippen molar-refractivity contribution in [2.45, 2.75) is 26.3 Å². The number of rotatable bonds is 6. The Bertz CT molecular complexity index is 1330. The van der Waals surface area contributed by atoms with E-state index < -0.39 is 0 Å². The summed E-state index contributed by atoms with van der Waals surface area (Å²) in [5.41, 5.74) is 3.28. The Morgan fingerprint density at radius 1 is 1.21 bits per heavy atom. The smallest absolute Gasteiger partial charge is 0.219 e. The minimum Gasteiger partial charge on any atom is -0.360 e. The second-order valence-corrected chi connectivity index (χ2v) is 9.02. The normalized spacial score (nSPS) is 15.7. The Labute approximate surface area is 202 Å². The van der Waals surface area contributed by atoms with E-state index in [1.807, 2.05) is 17.0 Å². The molecule has 0 saturated carbocycles. The van der Waals surface area contributed by atoms with Crippen LogP contribution in [0.15, 0.2) is 36.9 Å². The summed E-state index contributed by atoms with van der Waals surface area (Å²) in [6, 6.07) is 7.93. The van der Waals surface area contributed by atoms with Crippen LogP contribution in [0.3, 0.4) is 0 Å². The highest BCUT2D eigenvalue weighted by molar-refractivity contribution is 6.35. The number of pyridine rings is 1. The van der Waals surface area contributed by atoms with Gasteiger partial charge in [0, 0.05) is 51.5 Å². The van der Waals surface area contributed by atoms with Gasteiger partial charge in [-0.05, 0) is 24.4 Å². The molecule has 1 atom stereocenters. The maximum Gasteiger partial charge on any atom is 0.219 e. The Hall–Kier alpha value is -3.30. The predicted molar refractivity (Wildman–Crippen MR) is 133 cm³/mol. The SMILES string of the molecule is CC(=O)N1CCN(CCc2nc(C(C)Nc3ncnc4[nH]cnc34)cc3cccc(Cl)c23)CC1. The van der Waals surface area contributed by atoms with Crippen LogP contribution in [0.25, 0.3) is 21.9 Å². The van der Waals surface area contributed by atoms with Crippen molar-refractivity contribution in [2.24, 2.45) is 0 Å². The van der Waals surface area contributed by atoms with Gasteiger partial charge in [0.25, 0.3) is 0 Å². The van der Waals surface area contributed by atoms with Crippen molar-refractivity contribution < 1.29 is 4.79 Å². The lowest BCUT2D eigenvalue weighted by Crippen LogP contribution is -2.48. The molecule has 1 unspecified atom stereocenters. The summed E-state index contributed by atoms with van der Waals surface area (Å²) in [6.45, 7) is 7.84. The first-order valence-electron chi connectivity index (χ1n) is 11.5. The van der Waals surface area contributed by atoms with E-state index in [4.69, 9.17) is 16.6 Å². The molecule has 10 heteroatoms. The molecule has 1 amide bonds. The van der Waals surface area contributed by atoms with Gasteiger partial charge in [-0.25, -0.2) is 15.0 Å². The average molecular weight is 479 g/mol. The Morgan fingerprint density at radius 2 is 2.03 bits per heavy atom. The van der Waals surface area contributed by atoms with Crippen LogP contribution in [0.4, 0.5) is 5.82 Å². The lowest BCUT2D eigenvalue weighted by Gasteiger charge is -2.34. The van der Waals surface area contributed by atoms with Gasteiger partial charge in [-0.15, -0.1) is 0 Å². The molecule has 1 saturated heterocycles. The Morgan fingerprint density at radius 3 is 2.82 bits per heavy atom. The molecule has 3 aromatic heterocycles. The number of nitrogens with zero attached hydrogens (tertiary/aromatic N) is 6. The van der Waals surface area contributed by atoms with Crippen molar-refractivity contribution >= 4 is 45.3 Å². The van der Waals surface area contributed by atoms with E-state index >= 15 is 0 Å². The highest BCUT2D eigenvalue weighted by Crippen LogP contribution is 2.30. The number of aromatic amines is 1. The number of amides is 1. The molecule has 34 heavy (non-hydrogen) atoms. The van der Waals surface area contributed by atoms with E-state index in [2.05, 4.69) is 49.2 Å². The van der Waals surface area contributed by atoms with Gasteiger partial charge in [0.15, 0.2) is 11.5 Å². The van der Waals surface area contributed by atoms with Gasteiger partial charge < -0.3 is 15.2 Å². The highest BCUT2D eigenvalue weighted by atomic mass is 35.5. The number of halogens is 1. The molecular weight excluding hydrogens is 452 g/mol. The zero-order valence-electron chi connectivity index (χ0n) is 19.3. The molecule has 1 fully saturated rings. The first-order chi connectivity index (χ1) is 16.5. The van der Waals surface area contributed by atoms with E-state index in [0.717, 1.165) is 61.3 Å². The molecule has 9 nitrogen and oxygen atoms in total. The van der Waals surface area contributed by atoms with E-state index in [-0.39, 0.29) is 11.9 Å². The van der Waals surface area contributed by atoms with Gasteiger partial charge >= 0.3 is 0 Å². The summed E-state index contributed by atoms with van der Waals surface area (Å²) in [4.78, 5) is 36.9. The predicted octanol–water partition coefficient (Wildman–Crippen LogP) is 3.43. The van der Waals surface area contributed by atoms with Crippen molar-refractivity contribution in [2.75, 3.05) is 38.0 Å². The van der Waals surface area contributed by atoms with Crippen molar-refractivity contribution in [3.05, 3.63) is 53.3 Å². The summed E-state index contributed by atoms with van der Waals surface area (Å²) in [7, 11) is 0. The topological polar surface area (TPSA) is 103 Å². The van der Waals surface area contributed by atoms with Crippen molar-refractivity contribution in [1.29, 1.82) is 0 Å². The molecule has 0 radical (unpaired) electrons. The molecule has 4 heterocycles. The third-order valence-corrected chi connectivity index (χ3v) is 6.71. The second-order valence-electron chi connectivity index (χ2n) is 8.62. The van der Waals surface area contributed by atoms with Crippen LogP contribution in [0, 0.1) is 0 Å². The molecule has 176 valence electrons. The maximum atomic E-state index is 11.6. The number of anilines is 1. The third-order valence-electron chi connectivity index (χ3n) is 6.40.